The normalized spacial score (nSPS) is 24.8. The molecule has 0 radical (unpaired) electrons. The van der Waals surface area contributed by atoms with Gasteiger partial charge in [-0.15, -0.1) is 0 Å². The van der Waals surface area contributed by atoms with Crippen molar-refractivity contribution in [2.45, 2.75) is 51.3 Å². The van der Waals surface area contributed by atoms with Crippen LogP contribution in [0.15, 0.2) is 4.52 Å². The second-order valence-corrected chi connectivity index (χ2v) is 5.93. The highest BCUT2D eigenvalue weighted by atomic mass is 16.5. The highest BCUT2D eigenvalue weighted by molar-refractivity contribution is 5.73. The van der Waals surface area contributed by atoms with Crippen molar-refractivity contribution in [2.24, 2.45) is 0 Å². The van der Waals surface area contributed by atoms with E-state index in [9.17, 15) is 9.90 Å². The predicted molar refractivity (Wildman–Crippen MR) is 65.5 cm³/mol. The van der Waals surface area contributed by atoms with Gasteiger partial charge in [-0.05, 0) is 0 Å². The number of nitrogens with zero attached hydrogens (tertiary/aromatic N) is 3. The van der Waals surface area contributed by atoms with Crippen LogP contribution in [0.5, 0.6) is 0 Å². The van der Waals surface area contributed by atoms with Crippen LogP contribution in [0.3, 0.4) is 0 Å². The molecule has 19 heavy (non-hydrogen) atoms. The zero-order valence-electron chi connectivity index (χ0n) is 11.3. The van der Waals surface area contributed by atoms with Gasteiger partial charge in [0.15, 0.2) is 5.82 Å². The molecule has 106 valence electrons. The summed E-state index contributed by atoms with van der Waals surface area (Å²) in [5.74, 6) is 0.0338. The summed E-state index contributed by atoms with van der Waals surface area (Å²) in [5.41, 5.74) is -0.210. The second-order valence-electron chi connectivity index (χ2n) is 5.93. The molecule has 1 aromatic heterocycles. The molecule has 0 saturated carbocycles. The Morgan fingerprint density at radius 1 is 1.53 bits per heavy atom. The van der Waals surface area contributed by atoms with Crippen LogP contribution < -0.4 is 0 Å². The predicted octanol–water partition coefficient (Wildman–Crippen LogP) is 0.387. The summed E-state index contributed by atoms with van der Waals surface area (Å²) >= 11 is 0. The fourth-order valence-electron chi connectivity index (χ4n) is 2.11. The topological polar surface area (TPSA) is 99.7 Å². The molecule has 2 rings (SSSR count). The molecule has 0 amide bonds. The van der Waals surface area contributed by atoms with Crippen molar-refractivity contribution >= 4 is 5.97 Å². The Bertz CT molecular complexity index is 466. The molecule has 0 spiro atoms. The minimum atomic E-state index is -0.938. The van der Waals surface area contributed by atoms with Gasteiger partial charge in [-0.2, -0.15) is 4.98 Å². The van der Waals surface area contributed by atoms with E-state index in [4.69, 9.17) is 9.63 Å². The summed E-state index contributed by atoms with van der Waals surface area (Å²) in [5, 5.41) is 22.5. The van der Waals surface area contributed by atoms with Crippen LogP contribution in [0.1, 0.15) is 38.9 Å². The molecule has 2 N–H and O–H groups in total. The van der Waals surface area contributed by atoms with Gasteiger partial charge in [0.2, 0.25) is 5.89 Å². The van der Waals surface area contributed by atoms with E-state index in [1.54, 1.807) is 4.90 Å². The third kappa shape index (κ3) is 3.10. The number of likely N-dealkylation sites (tertiary alicyclic amines) is 1. The van der Waals surface area contributed by atoms with Crippen molar-refractivity contribution in [2.75, 3.05) is 6.54 Å². The Balaban J connectivity index is 2.08. The molecule has 7 heteroatoms. The number of carboxylic acid groups (broad SMARTS) is 1. The van der Waals surface area contributed by atoms with Crippen molar-refractivity contribution in [3.05, 3.63) is 11.7 Å². The van der Waals surface area contributed by atoms with Gasteiger partial charge in [0.25, 0.3) is 0 Å². The van der Waals surface area contributed by atoms with E-state index >= 15 is 0 Å². The third-order valence-corrected chi connectivity index (χ3v) is 3.14. The van der Waals surface area contributed by atoms with E-state index < -0.39 is 18.1 Å². The van der Waals surface area contributed by atoms with Gasteiger partial charge in [0.05, 0.1) is 12.6 Å². The molecule has 2 heterocycles. The lowest BCUT2D eigenvalue weighted by Gasteiger charge is -2.18. The first-order chi connectivity index (χ1) is 8.77. The van der Waals surface area contributed by atoms with Crippen LogP contribution >= 0.6 is 0 Å². The lowest BCUT2D eigenvalue weighted by atomic mass is 9.96. The molecule has 2 unspecified atom stereocenters. The molecule has 0 aromatic carbocycles. The number of hydrogen-bond donors (Lipinski definition) is 2. The highest BCUT2D eigenvalue weighted by Gasteiger charge is 2.37. The summed E-state index contributed by atoms with van der Waals surface area (Å²) in [7, 11) is 0. The summed E-state index contributed by atoms with van der Waals surface area (Å²) < 4.78 is 5.14. The van der Waals surface area contributed by atoms with E-state index in [1.807, 2.05) is 20.8 Å². The van der Waals surface area contributed by atoms with Crippen LogP contribution in [-0.2, 0) is 16.8 Å². The van der Waals surface area contributed by atoms with Crippen molar-refractivity contribution in [1.29, 1.82) is 0 Å². The van der Waals surface area contributed by atoms with Gasteiger partial charge in [-0.25, -0.2) is 0 Å². The average molecular weight is 269 g/mol. The fraction of sp³-hybridized carbons (Fsp3) is 0.750. The highest BCUT2D eigenvalue weighted by Crippen LogP contribution is 2.22. The number of aliphatic carboxylic acids is 1. The number of aliphatic hydroxyl groups is 1. The van der Waals surface area contributed by atoms with Crippen LogP contribution in [0.25, 0.3) is 0 Å². The lowest BCUT2D eigenvalue weighted by molar-refractivity contribution is -0.142. The Hall–Kier alpha value is -1.47. The Morgan fingerprint density at radius 2 is 2.21 bits per heavy atom. The van der Waals surface area contributed by atoms with E-state index in [2.05, 4.69) is 10.1 Å². The van der Waals surface area contributed by atoms with Gasteiger partial charge in [0, 0.05) is 18.4 Å². The minimum Gasteiger partial charge on any atom is -0.480 e. The SMILES string of the molecule is CC(C)(C)c1noc(CN2CC(O)CC2C(=O)O)n1. The van der Waals surface area contributed by atoms with Gasteiger partial charge < -0.3 is 14.7 Å². The molecule has 7 nitrogen and oxygen atoms in total. The van der Waals surface area contributed by atoms with Crippen molar-refractivity contribution in [3.8, 4) is 0 Å². The largest absolute Gasteiger partial charge is 0.480 e. The number of carboxylic acids is 1. The molecule has 1 saturated heterocycles. The maximum absolute atomic E-state index is 11.1. The summed E-state index contributed by atoms with van der Waals surface area (Å²) in [4.78, 5) is 17.0. The van der Waals surface area contributed by atoms with Crippen LogP contribution in [-0.4, -0.2) is 49.9 Å². The van der Waals surface area contributed by atoms with Crippen LogP contribution in [0.2, 0.25) is 0 Å². The molecule has 0 aliphatic carbocycles. The number of β-amino-alcohol motifs (C(OH)–C–C–N with tert-alkyl or cyclic N) is 1. The number of carbonyl (C=O) groups is 1. The van der Waals surface area contributed by atoms with Gasteiger partial charge in [-0.1, -0.05) is 25.9 Å². The Kier molecular flexibility index (Phi) is 3.60. The number of aromatic nitrogens is 2. The van der Waals surface area contributed by atoms with E-state index in [1.165, 1.54) is 0 Å². The molecule has 1 aromatic rings. The maximum atomic E-state index is 11.1. The van der Waals surface area contributed by atoms with Gasteiger partial charge >= 0.3 is 5.97 Å². The van der Waals surface area contributed by atoms with Crippen molar-refractivity contribution in [1.82, 2.24) is 15.0 Å². The maximum Gasteiger partial charge on any atom is 0.321 e. The average Bonchev–Trinajstić information content (AvgIpc) is 2.85. The lowest BCUT2D eigenvalue weighted by Crippen LogP contribution is -2.35. The summed E-state index contributed by atoms with van der Waals surface area (Å²) in [6.45, 7) is 6.48. The van der Waals surface area contributed by atoms with Crippen LogP contribution in [0, 0.1) is 0 Å². The first kappa shape index (κ1) is 14.0. The quantitative estimate of drug-likeness (QED) is 0.818. The molecule has 2 atom stereocenters. The summed E-state index contributed by atoms with van der Waals surface area (Å²) in [6.07, 6.45) is -0.388. The first-order valence-corrected chi connectivity index (χ1v) is 6.25. The molecule has 1 aliphatic heterocycles. The van der Waals surface area contributed by atoms with Crippen molar-refractivity contribution in [3.63, 3.8) is 0 Å². The zero-order chi connectivity index (χ0) is 14.2. The van der Waals surface area contributed by atoms with Crippen LogP contribution in [0.4, 0.5) is 0 Å². The van der Waals surface area contributed by atoms with E-state index in [-0.39, 0.29) is 18.4 Å². The van der Waals surface area contributed by atoms with Gasteiger partial charge in [-0.3, -0.25) is 9.69 Å². The molecular formula is C12H19N3O4. The third-order valence-electron chi connectivity index (χ3n) is 3.14. The first-order valence-electron chi connectivity index (χ1n) is 6.25. The molecule has 1 fully saturated rings. The van der Waals surface area contributed by atoms with Gasteiger partial charge in [0.1, 0.15) is 6.04 Å². The second kappa shape index (κ2) is 4.90. The Morgan fingerprint density at radius 3 is 2.74 bits per heavy atom. The zero-order valence-corrected chi connectivity index (χ0v) is 11.3. The smallest absolute Gasteiger partial charge is 0.321 e. The van der Waals surface area contributed by atoms with Crippen molar-refractivity contribution < 1.29 is 19.5 Å². The Labute approximate surface area is 111 Å². The molecule has 1 aliphatic rings. The standard InChI is InChI=1S/C12H19N3O4/c1-12(2,3)11-13-9(19-14-11)6-15-5-7(16)4-8(15)10(17)18/h7-8,16H,4-6H2,1-3H3,(H,17,18). The number of rotatable bonds is 3. The number of hydrogen-bond acceptors (Lipinski definition) is 6. The molecule has 0 bridgehead atoms. The fourth-order valence-corrected chi connectivity index (χ4v) is 2.11. The summed E-state index contributed by atoms with van der Waals surface area (Å²) in [6, 6.07) is -0.694. The monoisotopic (exact) mass is 269 g/mol. The van der Waals surface area contributed by atoms with E-state index in [0.717, 1.165) is 0 Å². The molecular weight excluding hydrogens is 250 g/mol. The number of aliphatic hydroxyl groups excluding tert-OH is 1. The van der Waals surface area contributed by atoms with E-state index in [0.29, 0.717) is 18.3 Å². The minimum absolute atomic E-state index is 0.210.